The Hall–Kier alpha value is -2.15. The molecule has 1 aliphatic heterocycles. The highest BCUT2D eigenvalue weighted by molar-refractivity contribution is 5.76. The van der Waals surface area contributed by atoms with Gasteiger partial charge in [0.15, 0.2) is 0 Å². The minimum absolute atomic E-state index is 0.0710. The van der Waals surface area contributed by atoms with Crippen molar-refractivity contribution in [3.05, 3.63) is 34.4 Å². The predicted molar refractivity (Wildman–Crippen MR) is 80.1 cm³/mol. The summed E-state index contributed by atoms with van der Waals surface area (Å²) < 4.78 is 0. The lowest BCUT2D eigenvalue weighted by atomic mass is 10.1. The van der Waals surface area contributed by atoms with Gasteiger partial charge in [0.05, 0.1) is 11.5 Å². The molecule has 1 saturated heterocycles. The summed E-state index contributed by atoms with van der Waals surface area (Å²) in [6, 6.07) is 6.93. The van der Waals surface area contributed by atoms with Crippen molar-refractivity contribution in [2.24, 2.45) is 5.73 Å². The van der Waals surface area contributed by atoms with Crippen LogP contribution in [0.2, 0.25) is 0 Å². The van der Waals surface area contributed by atoms with Crippen molar-refractivity contribution in [3.8, 4) is 0 Å². The minimum atomic E-state index is -0.359. The molecule has 1 amide bonds. The van der Waals surface area contributed by atoms with E-state index < -0.39 is 0 Å². The van der Waals surface area contributed by atoms with Gasteiger partial charge in [-0.1, -0.05) is 12.1 Å². The van der Waals surface area contributed by atoms with E-state index in [0.717, 1.165) is 0 Å². The van der Waals surface area contributed by atoms with Crippen molar-refractivity contribution in [1.29, 1.82) is 0 Å². The van der Waals surface area contributed by atoms with Gasteiger partial charge >= 0.3 is 0 Å². The number of rotatable bonds is 4. The first-order valence-corrected chi connectivity index (χ1v) is 6.92. The zero-order chi connectivity index (χ0) is 15.6. The summed E-state index contributed by atoms with van der Waals surface area (Å²) in [7, 11) is 0. The summed E-state index contributed by atoms with van der Waals surface area (Å²) in [6.45, 7) is 5.48. The molecule has 0 spiro atoms. The average Bonchev–Trinajstić information content (AvgIpc) is 2.42. The molecule has 0 saturated carbocycles. The highest BCUT2D eigenvalue weighted by atomic mass is 16.6. The molecule has 2 atom stereocenters. The van der Waals surface area contributed by atoms with E-state index in [2.05, 4.69) is 0 Å². The number of para-hydroxylation sites is 2. The van der Waals surface area contributed by atoms with Gasteiger partial charge in [0.2, 0.25) is 5.91 Å². The van der Waals surface area contributed by atoms with Crippen molar-refractivity contribution in [1.82, 2.24) is 4.90 Å². The highest BCUT2D eigenvalue weighted by Crippen LogP contribution is 2.31. The number of primary amides is 1. The molecule has 0 radical (unpaired) electrons. The third-order valence-corrected chi connectivity index (χ3v) is 3.86. The van der Waals surface area contributed by atoms with Gasteiger partial charge in [-0.3, -0.25) is 19.8 Å². The van der Waals surface area contributed by atoms with Gasteiger partial charge in [-0.05, 0) is 19.9 Å². The van der Waals surface area contributed by atoms with Gasteiger partial charge < -0.3 is 10.6 Å². The van der Waals surface area contributed by atoms with E-state index in [1.807, 2.05) is 23.6 Å². The third kappa shape index (κ3) is 3.30. The number of hydrogen-bond acceptors (Lipinski definition) is 5. The number of amides is 1. The van der Waals surface area contributed by atoms with Gasteiger partial charge in [0.1, 0.15) is 5.69 Å². The van der Waals surface area contributed by atoms with Crippen molar-refractivity contribution in [2.45, 2.75) is 25.9 Å². The molecule has 2 rings (SSSR count). The van der Waals surface area contributed by atoms with E-state index in [4.69, 9.17) is 5.73 Å². The Kier molecular flexibility index (Phi) is 4.42. The van der Waals surface area contributed by atoms with E-state index in [1.165, 1.54) is 6.07 Å². The minimum Gasteiger partial charge on any atom is -0.369 e. The summed E-state index contributed by atoms with van der Waals surface area (Å²) in [6.07, 6.45) is 0. The van der Waals surface area contributed by atoms with Crippen LogP contribution < -0.4 is 10.6 Å². The van der Waals surface area contributed by atoms with E-state index in [1.54, 1.807) is 18.2 Å². The molecule has 2 N–H and O–H groups in total. The van der Waals surface area contributed by atoms with Gasteiger partial charge in [-0.25, -0.2) is 0 Å². The van der Waals surface area contributed by atoms with Gasteiger partial charge in [-0.2, -0.15) is 0 Å². The zero-order valence-corrected chi connectivity index (χ0v) is 12.2. The molecular formula is C14H20N4O3. The third-order valence-electron chi connectivity index (χ3n) is 3.86. The number of nitro benzene ring substituents is 1. The van der Waals surface area contributed by atoms with Gasteiger partial charge in [0.25, 0.3) is 5.69 Å². The zero-order valence-electron chi connectivity index (χ0n) is 12.2. The molecule has 1 aromatic rings. The largest absolute Gasteiger partial charge is 0.369 e. The maximum atomic E-state index is 11.2. The molecule has 0 aromatic heterocycles. The van der Waals surface area contributed by atoms with Gasteiger partial charge in [0, 0.05) is 31.2 Å². The number of carbonyl (C=O) groups is 1. The standard InChI is InChI=1S/C14H20N4O3/c1-10-8-17(11(2)7-16(10)9-14(15)19)12-5-3-4-6-13(12)18(20)21/h3-6,10-11H,7-9H2,1-2H3,(H2,15,19)/t10-,11+/m0/s1. The predicted octanol–water partition coefficient (Wildman–Crippen LogP) is 0.979. The molecular weight excluding hydrogens is 272 g/mol. The average molecular weight is 292 g/mol. The molecule has 7 nitrogen and oxygen atoms in total. The number of piperazine rings is 1. The summed E-state index contributed by atoms with van der Waals surface area (Å²) in [4.78, 5) is 25.9. The fourth-order valence-corrected chi connectivity index (χ4v) is 2.82. The monoisotopic (exact) mass is 292 g/mol. The van der Waals surface area contributed by atoms with E-state index in [9.17, 15) is 14.9 Å². The summed E-state index contributed by atoms with van der Waals surface area (Å²) in [5, 5.41) is 11.2. The van der Waals surface area contributed by atoms with Crippen molar-refractivity contribution in [2.75, 3.05) is 24.5 Å². The van der Waals surface area contributed by atoms with Crippen LogP contribution in [0, 0.1) is 10.1 Å². The Bertz CT molecular complexity index is 549. The highest BCUT2D eigenvalue weighted by Gasteiger charge is 2.32. The van der Waals surface area contributed by atoms with Crippen LogP contribution in [0.4, 0.5) is 11.4 Å². The maximum Gasteiger partial charge on any atom is 0.292 e. The Balaban J connectivity index is 2.23. The second kappa shape index (κ2) is 6.09. The number of hydrogen-bond donors (Lipinski definition) is 1. The summed E-state index contributed by atoms with van der Waals surface area (Å²) in [5.41, 5.74) is 5.99. The molecule has 114 valence electrons. The van der Waals surface area contributed by atoms with Crippen LogP contribution >= 0.6 is 0 Å². The number of nitrogens with two attached hydrogens (primary N) is 1. The van der Waals surface area contributed by atoms with Crippen LogP contribution in [0.5, 0.6) is 0 Å². The Morgan fingerprint density at radius 3 is 2.62 bits per heavy atom. The normalized spacial score (nSPS) is 23.0. The molecule has 7 heteroatoms. The second-order valence-corrected chi connectivity index (χ2v) is 5.49. The quantitative estimate of drug-likeness (QED) is 0.659. The van der Waals surface area contributed by atoms with Crippen LogP contribution in [0.1, 0.15) is 13.8 Å². The Labute approximate surface area is 123 Å². The lowest BCUT2D eigenvalue weighted by Crippen LogP contribution is -2.58. The van der Waals surface area contributed by atoms with Crippen LogP contribution in [0.25, 0.3) is 0 Å². The van der Waals surface area contributed by atoms with Crippen molar-refractivity contribution in [3.63, 3.8) is 0 Å². The first-order valence-electron chi connectivity index (χ1n) is 6.92. The molecule has 1 aromatic carbocycles. The fraction of sp³-hybridized carbons (Fsp3) is 0.500. The molecule has 1 aliphatic rings. The number of anilines is 1. The molecule has 1 fully saturated rings. The second-order valence-electron chi connectivity index (χ2n) is 5.49. The number of nitro groups is 1. The van der Waals surface area contributed by atoms with Crippen LogP contribution in [0.3, 0.4) is 0 Å². The maximum absolute atomic E-state index is 11.2. The first-order chi connectivity index (χ1) is 9.90. The molecule has 0 bridgehead atoms. The number of carbonyl (C=O) groups excluding carboxylic acids is 1. The Morgan fingerprint density at radius 2 is 2.00 bits per heavy atom. The van der Waals surface area contributed by atoms with E-state index >= 15 is 0 Å². The van der Waals surface area contributed by atoms with Crippen LogP contribution in [0.15, 0.2) is 24.3 Å². The number of benzene rings is 1. The lowest BCUT2D eigenvalue weighted by molar-refractivity contribution is -0.384. The molecule has 0 unspecified atom stereocenters. The number of nitrogens with zero attached hydrogens (tertiary/aromatic N) is 3. The topological polar surface area (TPSA) is 92.7 Å². The van der Waals surface area contributed by atoms with Crippen LogP contribution in [-0.2, 0) is 4.79 Å². The summed E-state index contributed by atoms with van der Waals surface area (Å²) >= 11 is 0. The lowest BCUT2D eigenvalue weighted by Gasteiger charge is -2.44. The fourth-order valence-electron chi connectivity index (χ4n) is 2.82. The van der Waals surface area contributed by atoms with Crippen molar-refractivity contribution >= 4 is 17.3 Å². The van der Waals surface area contributed by atoms with Crippen molar-refractivity contribution < 1.29 is 9.72 Å². The smallest absolute Gasteiger partial charge is 0.292 e. The molecule has 1 heterocycles. The van der Waals surface area contributed by atoms with E-state index in [-0.39, 0.29) is 35.1 Å². The summed E-state index contributed by atoms with van der Waals surface area (Å²) in [5.74, 6) is -0.354. The molecule has 0 aliphatic carbocycles. The van der Waals surface area contributed by atoms with E-state index in [0.29, 0.717) is 18.8 Å². The molecule has 21 heavy (non-hydrogen) atoms. The first kappa shape index (κ1) is 15.2. The van der Waals surface area contributed by atoms with Crippen LogP contribution in [-0.4, -0.2) is 47.4 Å². The van der Waals surface area contributed by atoms with Gasteiger partial charge in [-0.15, -0.1) is 0 Å². The SMILES string of the molecule is C[C@@H]1CN(CC(N)=O)[C@@H](C)CN1c1ccccc1[N+](=O)[O-]. The Morgan fingerprint density at radius 1 is 1.33 bits per heavy atom.